The number of hydrogen-bond donors (Lipinski definition) is 1. The third kappa shape index (κ3) is 2.08. The van der Waals surface area contributed by atoms with Gasteiger partial charge in [0.1, 0.15) is 5.82 Å². The Kier molecular flexibility index (Phi) is 3.22. The van der Waals surface area contributed by atoms with Crippen molar-refractivity contribution in [3.63, 3.8) is 0 Å². The Morgan fingerprint density at radius 2 is 1.95 bits per heavy atom. The molecule has 0 saturated heterocycles. The molecule has 0 spiro atoms. The van der Waals surface area contributed by atoms with Gasteiger partial charge in [0.05, 0.1) is 15.5 Å². The van der Waals surface area contributed by atoms with Crippen LogP contribution in [0.15, 0.2) is 40.9 Å². The van der Waals surface area contributed by atoms with Crippen LogP contribution in [0.5, 0.6) is 0 Å². The van der Waals surface area contributed by atoms with E-state index in [0.29, 0.717) is 15.9 Å². The first kappa shape index (κ1) is 13.1. The second-order valence-corrected chi connectivity index (χ2v) is 5.43. The molecule has 5 heteroatoms. The molecule has 3 rings (SSSR count). The number of fused-ring (bicyclic) bond motifs is 1. The standard InChI is InChI=1S/C15H13BrFN3/c1-2-9-3-5-10(6-4-9)20-14-7-11(16)12(17)8-13(14)19-15(20)18/h3-8H,2H2,1H3,(H2,18,19). The summed E-state index contributed by atoms with van der Waals surface area (Å²) >= 11 is 3.20. The summed E-state index contributed by atoms with van der Waals surface area (Å²) < 4.78 is 15.8. The fourth-order valence-electron chi connectivity index (χ4n) is 2.24. The zero-order chi connectivity index (χ0) is 14.3. The van der Waals surface area contributed by atoms with Crippen molar-refractivity contribution in [2.75, 3.05) is 5.73 Å². The lowest BCUT2D eigenvalue weighted by Crippen LogP contribution is -2.00. The first-order chi connectivity index (χ1) is 9.60. The van der Waals surface area contributed by atoms with Gasteiger partial charge in [-0.15, -0.1) is 0 Å². The Hall–Kier alpha value is -1.88. The molecule has 0 saturated carbocycles. The molecular weight excluding hydrogens is 321 g/mol. The van der Waals surface area contributed by atoms with E-state index < -0.39 is 0 Å². The molecule has 3 aromatic rings. The van der Waals surface area contributed by atoms with E-state index in [4.69, 9.17) is 5.73 Å². The molecule has 0 radical (unpaired) electrons. The van der Waals surface area contributed by atoms with Crippen molar-refractivity contribution in [1.82, 2.24) is 9.55 Å². The number of rotatable bonds is 2. The molecule has 0 unspecified atom stereocenters. The van der Waals surface area contributed by atoms with E-state index in [1.807, 2.05) is 16.7 Å². The van der Waals surface area contributed by atoms with Gasteiger partial charge in [0.25, 0.3) is 0 Å². The van der Waals surface area contributed by atoms with Crippen LogP contribution >= 0.6 is 15.9 Å². The molecule has 102 valence electrons. The molecule has 0 fully saturated rings. The molecule has 2 N–H and O–H groups in total. The van der Waals surface area contributed by atoms with Gasteiger partial charge < -0.3 is 5.73 Å². The van der Waals surface area contributed by atoms with Gasteiger partial charge in [-0.1, -0.05) is 19.1 Å². The summed E-state index contributed by atoms with van der Waals surface area (Å²) in [5.41, 5.74) is 9.46. The van der Waals surface area contributed by atoms with Crippen LogP contribution in [0.25, 0.3) is 16.7 Å². The second kappa shape index (κ2) is 4.90. The Morgan fingerprint density at radius 1 is 1.25 bits per heavy atom. The molecule has 1 heterocycles. The number of imidazole rings is 1. The number of aryl methyl sites for hydroxylation is 1. The van der Waals surface area contributed by atoms with E-state index in [1.54, 1.807) is 6.07 Å². The van der Waals surface area contributed by atoms with Crippen molar-refractivity contribution in [2.24, 2.45) is 0 Å². The summed E-state index contributed by atoms with van der Waals surface area (Å²) in [6, 6.07) is 11.2. The normalized spacial score (nSPS) is 11.2. The maximum atomic E-state index is 13.6. The first-order valence-corrected chi connectivity index (χ1v) is 7.11. The van der Waals surface area contributed by atoms with Gasteiger partial charge in [0, 0.05) is 11.8 Å². The lowest BCUT2D eigenvalue weighted by atomic mass is 10.1. The number of nitrogen functional groups attached to an aromatic ring is 1. The molecular formula is C15H13BrFN3. The predicted molar refractivity (Wildman–Crippen MR) is 82.5 cm³/mol. The van der Waals surface area contributed by atoms with Crippen molar-refractivity contribution in [2.45, 2.75) is 13.3 Å². The first-order valence-electron chi connectivity index (χ1n) is 6.32. The third-order valence-corrected chi connectivity index (χ3v) is 3.93. The van der Waals surface area contributed by atoms with Gasteiger partial charge in [-0.2, -0.15) is 0 Å². The number of anilines is 1. The van der Waals surface area contributed by atoms with Crippen LogP contribution in [-0.4, -0.2) is 9.55 Å². The highest BCUT2D eigenvalue weighted by Gasteiger charge is 2.12. The van der Waals surface area contributed by atoms with Crippen LogP contribution in [0.1, 0.15) is 12.5 Å². The van der Waals surface area contributed by atoms with Crippen molar-refractivity contribution in [3.8, 4) is 5.69 Å². The molecule has 3 nitrogen and oxygen atoms in total. The summed E-state index contributed by atoms with van der Waals surface area (Å²) in [6.45, 7) is 2.11. The number of benzene rings is 2. The molecule has 0 aliphatic carbocycles. The molecule has 1 aromatic heterocycles. The van der Waals surface area contributed by atoms with E-state index in [2.05, 4.69) is 40.0 Å². The molecule has 0 atom stereocenters. The average Bonchev–Trinajstić information content (AvgIpc) is 2.75. The molecule has 2 aromatic carbocycles. The van der Waals surface area contributed by atoms with Crippen molar-refractivity contribution >= 4 is 32.9 Å². The van der Waals surface area contributed by atoms with E-state index in [9.17, 15) is 4.39 Å². The number of hydrogen-bond acceptors (Lipinski definition) is 2. The average molecular weight is 334 g/mol. The summed E-state index contributed by atoms with van der Waals surface area (Å²) in [5, 5.41) is 0. The second-order valence-electron chi connectivity index (χ2n) is 4.58. The van der Waals surface area contributed by atoms with E-state index in [1.165, 1.54) is 11.6 Å². The lowest BCUT2D eigenvalue weighted by Gasteiger charge is -2.07. The highest BCUT2D eigenvalue weighted by molar-refractivity contribution is 9.10. The fraction of sp³-hybridized carbons (Fsp3) is 0.133. The Bertz CT molecular complexity index is 778. The van der Waals surface area contributed by atoms with Gasteiger partial charge in [0.15, 0.2) is 0 Å². The Morgan fingerprint density at radius 3 is 2.60 bits per heavy atom. The summed E-state index contributed by atoms with van der Waals surface area (Å²) in [5.74, 6) is 0.00484. The minimum atomic E-state index is -0.344. The van der Waals surface area contributed by atoms with Gasteiger partial charge in [-0.3, -0.25) is 4.57 Å². The summed E-state index contributed by atoms with van der Waals surface area (Å²) in [4.78, 5) is 4.21. The SMILES string of the molecule is CCc1ccc(-n2c(N)nc3cc(F)c(Br)cc32)cc1. The molecule has 0 amide bonds. The van der Waals surface area contributed by atoms with Gasteiger partial charge in [-0.25, -0.2) is 9.37 Å². The van der Waals surface area contributed by atoms with Crippen LogP contribution in [0.4, 0.5) is 10.3 Å². The quantitative estimate of drug-likeness (QED) is 0.768. The topological polar surface area (TPSA) is 43.8 Å². The number of halogens is 2. The predicted octanol–water partition coefficient (Wildman–Crippen LogP) is 4.07. The van der Waals surface area contributed by atoms with Gasteiger partial charge in [-0.05, 0) is 46.1 Å². The Labute approximate surface area is 124 Å². The van der Waals surface area contributed by atoms with Crippen LogP contribution in [0, 0.1) is 5.82 Å². The van der Waals surface area contributed by atoms with Crippen molar-refractivity contribution < 1.29 is 4.39 Å². The minimum absolute atomic E-state index is 0.344. The lowest BCUT2D eigenvalue weighted by molar-refractivity contribution is 0.623. The van der Waals surface area contributed by atoms with E-state index >= 15 is 0 Å². The van der Waals surface area contributed by atoms with E-state index in [-0.39, 0.29) is 5.82 Å². The van der Waals surface area contributed by atoms with Gasteiger partial charge >= 0.3 is 0 Å². The largest absolute Gasteiger partial charge is 0.369 e. The van der Waals surface area contributed by atoms with Crippen molar-refractivity contribution in [1.29, 1.82) is 0 Å². The van der Waals surface area contributed by atoms with Crippen LogP contribution < -0.4 is 5.73 Å². The maximum Gasteiger partial charge on any atom is 0.205 e. The Balaban J connectivity index is 2.23. The van der Waals surface area contributed by atoms with Gasteiger partial charge in [0.2, 0.25) is 5.95 Å². The molecule has 0 aliphatic heterocycles. The smallest absolute Gasteiger partial charge is 0.205 e. The van der Waals surface area contributed by atoms with Crippen LogP contribution in [-0.2, 0) is 6.42 Å². The maximum absolute atomic E-state index is 13.6. The molecule has 0 aliphatic rings. The zero-order valence-electron chi connectivity index (χ0n) is 10.9. The molecule has 20 heavy (non-hydrogen) atoms. The summed E-state index contributed by atoms with van der Waals surface area (Å²) in [6.07, 6.45) is 0.983. The molecule has 0 bridgehead atoms. The highest BCUT2D eigenvalue weighted by atomic mass is 79.9. The van der Waals surface area contributed by atoms with Crippen molar-refractivity contribution in [3.05, 3.63) is 52.3 Å². The van der Waals surface area contributed by atoms with E-state index in [0.717, 1.165) is 17.6 Å². The number of nitrogens with two attached hydrogens (primary N) is 1. The number of nitrogens with zero attached hydrogens (tertiary/aromatic N) is 2. The fourth-order valence-corrected chi connectivity index (χ4v) is 2.57. The van der Waals surface area contributed by atoms with Crippen LogP contribution in [0.2, 0.25) is 0 Å². The minimum Gasteiger partial charge on any atom is -0.369 e. The third-order valence-electron chi connectivity index (χ3n) is 3.33. The highest BCUT2D eigenvalue weighted by Crippen LogP contribution is 2.28. The monoisotopic (exact) mass is 333 g/mol. The number of aromatic nitrogens is 2. The zero-order valence-corrected chi connectivity index (χ0v) is 12.5. The summed E-state index contributed by atoms with van der Waals surface area (Å²) in [7, 11) is 0. The van der Waals surface area contributed by atoms with Crippen LogP contribution in [0.3, 0.4) is 0 Å².